The Hall–Kier alpha value is -1.45. The Morgan fingerprint density at radius 1 is 1.00 bits per heavy atom. The van der Waals surface area contributed by atoms with Crippen molar-refractivity contribution in [2.75, 3.05) is 0 Å². The third-order valence-corrected chi connectivity index (χ3v) is 7.47. The van der Waals surface area contributed by atoms with Crippen molar-refractivity contribution in [3.63, 3.8) is 0 Å². The van der Waals surface area contributed by atoms with E-state index in [1.165, 1.54) is 10.0 Å². The molecule has 2 aliphatic rings. The summed E-state index contributed by atoms with van der Waals surface area (Å²) >= 11 is 0.416. The molecule has 4 rings (SSSR count). The van der Waals surface area contributed by atoms with Crippen LogP contribution < -0.4 is 4.46 Å². The van der Waals surface area contributed by atoms with Gasteiger partial charge < -0.3 is 0 Å². The Morgan fingerprint density at radius 3 is 2.35 bits per heavy atom. The predicted molar refractivity (Wildman–Crippen MR) is 105 cm³/mol. The van der Waals surface area contributed by atoms with Crippen molar-refractivity contribution in [1.29, 1.82) is 0 Å². The van der Waals surface area contributed by atoms with Gasteiger partial charge in [-0.1, -0.05) is 0 Å². The molecular weight excluding hydrogens is 389 g/mol. The van der Waals surface area contributed by atoms with E-state index < -0.39 is 5.79 Å². The fourth-order valence-electron chi connectivity index (χ4n) is 3.88. The van der Waals surface area contributed by atoms with Gasteiger partial charge in [0.1, 0.15) is 0 Å². The van der Waals surface area contributed by atoms with Crippen LogP contribution in [0, 0.1) is 0 Å². The number of fused-ring (bicyclic) bond motifs is 1. The monoisotopic (exact) mass is 416 g/mol. The van der Waals surface area contributed by atoms with E-state index in [9.17, 15) is 0 Å². The van der Waals surface area contributed by atoms with Crippen molar-refractivity contribution < 1.29 is 14.0 Å². The summed E-state index contributed by atoms with van der Waals surface area (Å²) in [5.41, 5.74) is 1.33. The van der Waals surface area contributed by atoms with Crippen LogP contribution in [0.15, 0.2) is 60.7 Å². The zero-order valence-electron chi connectivity index (χ0n) is 15.5. The van der Waals surface area contributed by atoms with Crippen molar-refractivity contribution in [1.82, 2.24) is 0 Å². The van der Waals surface area contributed by atoms with E-state index >= 15 is 0 Å². The van der Waals surface area contributed by atoms with Gasteiger partial charge in [-0.25, -0.2) is 0 Å². The van der Waals surface area contributed by atoms with Gasteiger partial charge in [-0.05, 0) is 0 Å². The van der Waals surface area contributed by atoms with Crippen LogP contribution in [0.4, 0.5) is 0 Å². The molecule has 2 aromatic carbocycles. The van der Waals surface area contributed by atoms with Crippen LogP contribution in [0.25, 0.3) is 0 Å². The maximum atomic E-state index is 6.30. The first-order chi connectivity index (χ1) is 12.5. The van der Waals surface area contributed by atoms with Crippen molar-refractivity contribution in [2.45, 2.75) is 56.2 Å². The number of ether oxygens (including phenoxy) is 2. The molecule has 3 nitrogen and oxygen atoms in total. The molecule has 0 aliphatic carbocycles. The molecule has 0 spiro atoms. The van der Waals surface area contributed by atoms with Gasteiger partial charge in [-0.15, -0.1) is 0 Å². The van der Waals surface area contributed by atoms with Crippen LogP contribution in [-0.2, 0) is 9.47 Å². The van der Waals surface area contributed by atoms with E-state index in [1.54, 1.807) is 0 Å². The molecule has 0 N–H and O–H groups in total. The van der Waals surface area contributed by atoms with E-state index in [0.717, 1.165) is 5.32 Å². The molecule has 26 heavy (non-hydrogen) atoms. The number of rotatable bonds is 5. The van der Waals surface area contributed by atoms with Crippen molar-refractivity contribution in [3.05, 3.63) is 66.2 Å². The molecule has 4 heteroatoms. The van der Waals surface area contributed by atoms with Gasteiger partial charge in [0.15, 0.2) is 0 Å². The SMILES string of the molecule is C[C@@H](c1ccccc1)[N+]1=C[C@@H]2OC(C)(C)O[C@@H]2C1C[Se]c1ccccc1. The van der Waals surface area contributed by atoms with E-state index in [0.29, 0.717) is 27.0 Å². The summed E-state index contributed by atoms with van der Waals surface area (Å²) < 4.78 is 16.4. The molecule has 0 saturated carbocycles. The van der Waals surface area contributed by atoms with E-state index in [4.69, 9.17) is 9.47 Å². The molecular formula is C22H26NO2Se+. The fourth-order valence-corrected chi connectivity index (χ4v) is 6.13. The van der Waals surface area contributed by atoms with Gasteiger partial charge in [0, 0.05) is 0 Å². The Kier molecular flexibility index (Phi) is 5.02. The standard InChI is InChI=1S/C22H26NO2Se/c1-16(17-10-6-4-7-11-17)23-14-20-21(25-22(2,3)24-20)19(23)15-26-18-12-8-5-9-13-18/h4-14,16,19-21H,15H2,1-3H3/q+1/t16-,19?,20-,21+/m0/s1. The van der Waals surface area contributed by atoms with E-state index in [-0.39, 0.29) is 12.2 Å². The molecule has 1 unspecified atom stereocenters. The third-order valence-electron chi connectivity index (χ3n) is 5.14. The van der Waals surface area contributed by atoms with Crippen LogP contribution >= 0.6 is 0 Å². The molecule has 2 aliphatic heterocycles. The van der Waals surface area contributed by atoms with Gasteiger partial charge in [0.05, 0.1) is 0 Å². The second-order valence-electron chi connectivity index (χ2n) is 7.44. The van der Waals surface area contributed by atoms with E-state index in [2.05, 4.69) is 78.4 Å². The first-order valence-corrected chi connectivity index (χ1v) is 11.3. The minimum atomic E-state index is -0.494. The Balaban J connectivity index is 1.58. The zero-order chi connectivity index (χ0) is 18.1. The summed E-state index contributed by atoms with van der Waals surface area (Å²) in [6, 6.07) is 22.2. The predicted octanol–water partition coefficient (Wildman–Crippen LogP) is 3.18. The van der Waals surface area contributed by atoms with Gasteiger partial charge >= 0.3 is 162 Å². The molecule has 1 saturated heterocycles. The normalized spacial score (nSPS) is 27.8. The molecule has 0 radical (unpaired) electrons. The molecule has 4 atom stereocenters. The molecule has 0 bridgehead atoms. The van der Waals surface area contributed by atoms with E-state index in [1.807, 2.05) is 13.8 Å². The quantitative estimate of drug-likeness (QED) is 0.553. The number of nitrogens with zero attached hydrogens (tertiary/aromatic N) is 1. The fraction of sp³-hybridized carbons (Fsp3) is 0.409. The molecule has 0 amide bonds. The topological polar surface area (TPSA) is 21.5 Å². The van der Waals surface area contributed by atoms with Crippen LogP contribution in [0.3, 0.4) is 0 Å². The van der Waals surface area contributed by atoms with Gasteiger partial charge in [0.25, 0.3) is 0 Å². The maximum absolute atomic E-state index is 6.30. The Bertz CT molecular complexity index is 775. The number of benzene rings is 2. The molecule has 2 heterocycles. The van der Waals surface area contributed by atoms with Gasteiger partial charge in [-0.3, -0.25) is 0 Å². The average molecular weight is 415 g/mol. The summed E-state index contributed by atoms with van der Waals surface area (Å²) in [7, 11) is 0. The summed E-state index contributed by atoms with van der Waals surface area (Å²) in [6.07, 6.45) is 2.43. The van der Waals surface area contributed by atoms with Crippen molar-refractivity contribution in [2.24, 2.45) is 0 Å². The molecule has 0 aromatic heterocycles. The van der Waals surface area contributed by atoms with Crippen LogP contribution in [0.1, 0.15) is 32.4 Å². The second kappa shape index (κ2) is 7.28. The molecule has 136 valence electrons. The van der Waals surface area contributed by atoms with Crippen molar-refractivity contribution in [3.8, 4) is 0 Å². The number of hydrogen-bond donors (Lipinski definition) is 0. The van der Waals surface area contributed by atoms with Gasteiger partial charge in [-0.2, -0.15) is 0 Å². The minimum absolute atomic E-state index is 0.0488. The second-order valence-corrected chi connectivity index (χ2v) is 9.73. The molecule has 1 fully saturated rings. The third kappa shape index (κ3) is 3.65. The first-order valence-electron chi connectivity index (χ1n) is 9.24. The van der Waals surface area contributed by atoms with Crippen LogP contribution in [0.2, 0.25) is 5.32 Å². The van der Waals surface area contributed by atoms with Crippen LogP contribution in [-0.4, -0.2) is 49.8 Å². The molecule has 2 aromatic rings. The summed E-state index contributed by atoms with van der Waals surface area (Å²) in [4.78, 5) is 0. The zero-order valence-corrected chi connectivity index (χ0v) is 17.3. The van der Waals surface area contributed by atoms with Crippen LogP contribution in [0.5, 0.6) is 0 Å². The number of hydrogen-bond acceptors (Lipinski definition) is 2. The average Bonchev–Trinajstić information content (AvgIpc) is 3.12. The first kappa shape index (κ1) is 17.9. The van der Waals surface area contributed by atoms with Crippen molar-refractivity contribution >= 4 is 25.6 Å². The Labute approximate surface area is 162 Å². The summed E-state index contributed by atoms with van der Waals surface area (Å²) in [5, 5.41) is 1.12. The van der Waals surface area contributed by atoms with Gasteiger partial charge in [0.2, 0.25) is 0 Å². The summed E-state index contributed by atoms with van der Waals surface area (Å²) in [5.74, 6) is -0.494. The summed E-state index contributed by atoms with van der Waals surface area (Å²) in [6.45, 7) is 6.31. The Morgan fingerprint density at radius 2 is 1.65 bits per heavy atom.